The summed E-state index contributed by atoms with van der Waals surface area (Å²) in [6.07, 6.45) is 1.45. The molecule has 0 saturated heterocycles. The molecule has 0 saturated carbocycles. The molecular weight excluding hydrogens is 288 g/mol. The van der Waals surface area contributed by atoms with E-state index in [4.69, 9.17) is 21.7 Å². The highest BCUT2D eigenvalue weighted by molar-refractivity contribution is 7.71. The van der Waals surface area contributed by atoms with Gasteiger partial charge in [0.25, 0.3) is 0 Å². The van der Waals surface area contributed by atoms with Crippen LogP contribution in [-0.4, -0.2) is 33.7 Å². The zero-order valence-corrected chi connectivity index (χ0v) is 12.7. The minimum absolute atomic E-state index is 0.455. The molecule has 1 N–H and O–H groups in total. The number of aromatic amines is 1. The first-order valence-electron chi connectivity index (χ1n) is 6.30. The zero-order valence-electron chi connectivity index (χ0n) is 11.9. The Morgan fingerprint density at radius 3 is 2.71 bits per heavy atom. The lowest BCUT2D eigenvalue weighted by Crippen LogP contribution is -2.00. The average Bonchev–Trinajstić information content (AvgIpc) is 2.82. The Kier molecular flexibility index (Phi) is 3.34. The average molecular weight is 302 g/mol. The lowest BCUT2D eigenvalue weighted by Gasteiger charge is -2.10. The van der Waals surface area contributed by atoms with Gasteiger partial charge in [-0.1, -0.05) is 6.07 Å². The van der Waals surface area contributed by atoms with Gasteiger partial charge in [0.2, 0.25) is 5.88 Å². The van der Waals surface area contributed by atoms with Crippen LogP contribution in [0, 0.1) is 11.7 Å². The van der Waals surface area contributed by atoms with Gasteiger partial charge in [0, 0.05) is 0 Å². The maximum atomic E-state index is 5.43. The summed E-state index contributed by atoms with van der Waals surface area (Å²) >= 11 is 5.42. The zero-order chi connectivity index (χ0) is 15.0. The summed E-state index contributed by atoms with van der Waals surface area (Å²) in [6.45, 7) is 2.01. The van der Waals surface area contributed by atoms with Crippen molar-refractivity contribution in [3.63, 3.8) is 0 Å². The minimum atomic E-state index is 0.455. The van der Waals surface area contributed by atoms with Crippen molar-refractivity contribution in [2.45, 2.75) is 6.92 Å². The molecule has 108 valence electrons. The number of nitrogens with zero attached hydrogens (tertiary/aromatic N) is 3. The van der Waals surface area contributed by atoms with Gasteiger partial charge in [-0.15, -0.1) is 0 Å². The number of fused-ring (bicyclic) bond motifs is 1. The highest BCUT2D eigenvalue weighted by Gasteiger charge is 2.15. The fraction of sp³-hybridized carbons (Fsp3) is 0.214. The van der Waals surface area contributed by atoms with Gasteiger partial charge in [0.05, 0.1) is 19.9 Å². The fourth-order valence-electron chi connectivity index (χ4n) is 2.25. The molecule has 0 bridgehead atoms. The molecule has 0 amide bonds. The number of hydrogen-bond acceptors (Lipinski definition) is 5. The summed E-state index contributed by atoms with van der Waals surface area (Å²) in [4.78, 5) is 11.5. The number of hydrogen-bond donors (Lipinski definition) is 1. The number of benzene rings is 1. The molecule has 3 rings (SSSR count). The molecule has 2 aromatic heterocycles. The van der Waals surface area contributed by atoms with Crippen LogP contribution in [0.1, 0.15) is 5.56 Å². The third kappa shape index (κ3) is 2.15. The molecule has 1 aromatic carbocycles. The molecule has 0 aliphatic heterocycles. The second-order valence-corrected chi connectivity index (χ2v) is 4.91. The largest absolute Gasteiger partial charge is 0.495 e. The molecule has 0 aliphatic carbocycles. The van der Waals surface area contributed by atoms with Gasteiger partial charge < -0.3 is 14.5 Å². The molecule has 0 unspecified atom stereocenters. The summed E-state index contributed by atoms with van der Waals surface area (Å²) in [5, 5.41) is 0. The molecule has 21 heavy (non-hydrogen) atoms. The number of imidazole rings is 1. The van der Waals surface area contributed by atoms with Crippen LogP contribution >= 0.6 is 12.2 Å². The van der Waals surface area contributed by atoms with Crippen molar-refractivity contribution in [2.75, 3.05) is 14.2 Å². The predicted molar refractivity (Wildman–Crippen MR) is 81.9 cm³/mol. The number of H-pyrrole nitrogens is 1. The normalized spacial score (nSPS) is 10.8. The molecule has 0 atom stereocenters. The first-order valence-corrected chi connectivity index (χ1v) is 6.71. The monoisotopic (exact) mass is 302 g/mol. The highest BCUT2D eigenvalue weighted by Crippen LogP contribution is 2.29. The fourth-order valence-corrected chi connectivity index (χ4v) is 2.54. The van der Waals surface area contributed by atoms with E-state index in [2.05, 4.69) is 15.0 Å². The number of aryl methyl sites for hydroxylation is 1. The smallest absolute Gasteiger partial charge is 0.242 e. The van der Waals surface area contributed by atoms with E-state index in [1.165, 1.54) is 6.33 Å². The third-order valence-electron chi connectivity index (χ3n) is 3.21. The van der Waals surface area contributed by atoms with Crippen LogP contribution in [0.25, 0.3) is 16.9 Å². The lowest BCUT2D eigenvalue weighted by atomic mass is 10.2. The quantitative estimate of drug-likeness (QED) is 0.754. The lowest BCUT2D eigenvalue weighted by molar-refractivity contribution is 0.401. The third-order valence-corrected chi connectivity index (χ3v) is 3.49. The standard InChI is InChI=1S/C14H14N4O2S/c1-8-4-5-10(19-2)9(6-8)18-12-11(17-14(18)21)13(20-3)16-7-15-12/h4-7H,1-3H3,(H,17,21). The summed E-state index contributed by atoms with van der Waals surface area (Å²) in [6, 6.07) is 5.89. The minimum Gasteiger partial charge on any atom is -0.495 e. The molecule has 0 radical (unpaired) electrons. The summed E-state index contributed by atoms with van der Waals surface area (Å²) in [5.41, 5.74) is 3.24. The van der Waals surface area contributed by atoms with Gasteiger partial charge in [-0.05, 0) is 36.8 Å². The van der Waals surface area contributed by atoms with Crippen LogP contribution < -0.4 is 9.47 Å². The molecule has 7 heteroatoms. The number of aromatic nitrogens is 4. The highest BCUT2D eigenvalue weighted by atomic mass is 32.1. The van der Waals surface area contributed by atoms with E-state index in [-0.39, 0.29) is 0 Å². The van der Waals surface area contributed by atoms with Gasteiger partial charge in [-0.2, -0.15) is 4.98 Å². The molecule has 0 fully saturated rings. The number of methoxy groups -OCH3 is 2. The summed E-state index contributed by atoms with van der Waals surface area (Å²) in [7, 11) is 3.19. The maximum Gasteiger partial charge on any atom is 0.242 e. The molecule has 0 aliphatic rings. The van der Waals surface area contributed by atoms with Crippen LogP contribution in [0.5, 0.6) is 11.6 Å². The van der Waals surface area contributed by atoms with Gasteiger partial charge in [0.15, 0.2) is 10.4 Å². The number of rotatable bonds is 3. The topological polar surface area (TPSA) is 65.0 Å². The molecule has 2 heterocycles. The van der Waals surface area contributed by atoms with Gasteiger partial charge >= 0.3 is 0 Å². The summed E-state index contributed by atoms with van der Waals surface area (Å²) < 4.78 is 13.0. The van der Waals surface area contributed by atoms with Crippen molar-refractivity contribution in [2.24, 2.45) is 0 Å². The van der Waals surface area contributed by atoms with E-state index in [1.54, 1.807) is 14.2 Å². The van der Waals surface area contributed by atoms with E-state index in [9.17, 15) is 0 Å². The van der Waals surface area contributed by atoms with E-state index < -0.39 is 0 Å². The molecular formula is C14H14N4O2S. The van der Waals surface area contributed by atoms with E-state index in [0.717, 1.165) is 17.0 Å². The van der Waals surface area contributed by atoms with Crippen molar-refractivity contribution in [3.8, 4) is 17.3 Å². The first-order chi connectivity index (χ1) is 10.2. The van der Waals surface area contributed by atoms with E-state index in [0.29, 0.717) is 21.8 Å². The Bertz CT molecular complexity index is 869. The van der Waals surface area contributed by atoms with Crippen LogP contribution in [0.15, 0.2) is 24.5 Å². The second-order valence-electron chi connectivity index (χ2n) is 4.52. The Morgan fingerprint density at radius 2 is 2.00 bits per heavy atom. The van der Waals surface area contributed by atoms with Crippen molar-refractivity contribution in [3.05, 3.63) is 34.9 Å². The van der Waals surface area contributed by atoms with E-state index >= 15 is 0 Å². The van der Waals surface area contributed by atoms with E-state index in [1.807, 2.05) is 29.7 Å². The Morgan fingerprint density at radius 1 is 1.19 bits per heavy atom. The second kappa shape index (κ2) is 5.17. The first kappa shape index (κ1) is 13.6. The molecule has 3 aromatic rings. The number of ether oxygens (including phenoxy) is 2. The van der Waals surface area contributed by atoms with Crippen LogP contribution in [0.2, 0.25) is 0 Å². The summed E-state index contributed by atoms with van der Waals surface area (Å²) in [5.74, 6) is 1.17. The predicted octanol–water partition coefficient (Wildman–Crippen LogP) is 2.80. The maximum absolute atomic E-state index is 5.43. The van der Waals surface area contributed by atoms with Crippen LogP contribution in [0.3, 0.4) is 0 Å². The van der Waals surface area contributed by atoms with Crippen LogP contribution in [-0.2, 0) is 0 Å². The SMILES string of the molecule is COc1ccc(C)cc1-n1c(=S)[nH]c2c(OC)ncnc21. The van der Waals surface area contributed by atoms with Gasteiger partial charge in [0.1, 0.15) is 17.6 Å². The van der Waals surface area contributed by atoms with Crippen molar-refractivity contribution >= 4 is 23.4 Å². The molecule has 6 nitrogen and oxygen atoms in total. The Hall–Kier alpha value is -2.41. The Balaban J connectivity index is 2.38. The van der Waals surface area contributed by atoms with Crippen molar-refractivity contribution in [1.82, 2.24) is 19.5 Å². The van der Waals surface area contributed by atoms with Gasteiger partial charge in [-0.25, -0.2) is 4.98 Å². The molecule has 0 spiro atoms. The van der Waals surface area contributed by atoms with Crippen LogP contribution in [0.4, 0.5) is 0 Å². The van der Waals surface area contributed by atoms with Crippen molar-refractivity contribution in [1.29, 1.82) is 0 Å². The van der Waals surface area contributed by atoms with Gasteiger partial charge in [-0.3, -0.25) is 4.57 Å². The Labute approximate surface area is 126 Å². The number of nitrogens with one attached hydrogen (secondary N) is 1. The van der Waals surface area contributed by atoms with Crippen molar-refractivity contribution < 1.29 is 9.47 Å².